The summed E-state index contributed by atoms with van der Waals surface area (Å²) in [6, 6.07) is 7.87. The molecule has 4 aromatic rings. The molecule has 0 radical (unpaired) electrons. The minimum Gasteiger partial charge on any atom is -0.493 e. The van der Waals surface area contributed by atoms with E-state index in [0.29, 0.717) is 47.3 Å². The van der Waals surface area contributed by atoms with Gasteiger partial charge in [0.05, 0.1) is 28.8 Å². The zero-order valence-electron chi connectivity index (χ0n) is 23.0. The van der Waals surface area contributed by atoms with E-state index in [0.717, 1.165) is 47.5 Å². The van der Waals surface area contributed by atoms with Crippen molar-refractivity contribution in [3.8, 4) is 17.3 Å². The number of fused-ring (bicyclic) bond motifs is 2. The summed E-state index contributed by atoms with van der Waals surface area (Å²) in [6.07, 6.45) is 13.2. The standard InChI is InChI=1S/C29H39N3O4S2/c1-20-14-23(36-18-21-6-9-34-10-7-21)16-24-27(20)31-28(25-15-22-8-12-37-26(22)17-30-25)32(29(24)33)19-35-11-13-38(2,3,4)5/h8,12,14-17,21,38H,6-7,9-11,13,18-19H2,1-5H3. The molecule has 3 aromatic heterocycles. The van der Waals surface area contributed by atoms with Crippen LogP contribution in [0.3, 0.4) is 0 Å². The van der Waals surface area contributed by atoms with Gasteiger partial charge in [-0.05, 0) is 97.1 Å². The summed E-state index contributed by atoms with van der Waals surface area (Å²) in [6.45, 7) is 4.87. The summed E-state index contributed by atoms with van der Waals surface area (Å²) in [5.41, 5.74) is 2.09. The van der Waals surface area contributed by atoms with Crippen molar-refractivity contribution in [2.24, 2.45) is 5.92 Å². The lowest BCUT2D eigenvalue weighted by Gasteiger charge is -2.46. The Morgan fingerprint density at radius 1 is 1.16 bits per heavy atom. The van der Waals surface area contributed by atoms with Crippen molar-refractivity contribution in [2.75, 3.05) is 57.2 Å². The molecule has 0 aliphatic carbocycles. The van der Waals surface area contributed by atoms with Crippen LogP contribution in [0.2, 0.25) is 0 Å². The smallest absolute Gasteiger partial charge is 0.263 e. The molecule has 1 fully saturated rings. The number of thiophene rings is 1. The third kappa shape index (κ3) is 6.39. The fourth-order valence-electron chi connectivity index (χ4n) is 4.57. The average molecular weight is 558 g/mol. The number of hydrogen-bond acceptors (Lipinski definition) is 7. The SMILES string of the molecule is Cc1cc(OCC2CCOCC2)cc2c(=O)n(COCC[SH](C)(C)(C)C)c(-c3cc4ccsc4cn3)nc12. The fraction of sp³-hybridized carbons (Fsp3) is 0.483. The van der Waals surface area contributed by atoms with Gasteiger partial charge in [0.1, 0.15) is 18.2 Å². The van der Waals surface area contributed by atoms with Gasteiger partial charge in [-0.25, -0.2) is 4.98 Å². The molecule has 1 aromatic carbocycles. The van der Waals surface area contributed by atoms with Gasteiger partial charge < -0.3 is 14.2 Å². The Labute approximate surface area is 228 Å². The molecule has 0 atom stereocenters. The molecule has 0 spiro atoms. The molecule has 4 heterocycles. The molecule has 1 aliphatic heterocycles. The minimum absolute atomic E-state index is 0.124. The summed E-state index contributed by atoms with van der Waals surface area (Å²) in [4.78, 5) is 23.6. The van der Waals surface area contributed by atoms with Crippen LogP contribution in [0.4, 0.5) is 0 Å². The number of pyridine rings is 1. The summed E-state index contributed by atoms with van der Waals surface area (Å²) < 4.78 is 20.4. The van der Waals surface area contributed by atoms with Crippen molar-refractivity contribution in [2.45, 2.75) is 26.5 Å². The molecule has 0 bridgehead atoms. The van der Waals surface area contributed by atoms with E-state index >= 15 is 0 Å². The molecule has 206 valence electrons. The van der Waals surface area contributed by atoms with Crippen molar-refractivity contribution in [1.82, 2.24) is 14.5 Å². The maximum absolute atomic E-state index is 14.0. The summed E-state index contributed by atoms with van der Waals surface area (Å²) in [5.74, 6) is 2.67. The number of aryl methyl sites for hydroxylation is 1. The Kier molecular flexibility index (Phi) is 7.57. The van der Waals surface area contributed by atoms with Crippen molar-refractivity contribution in [1.29, 1.82) is 0 Å². The lowest BCUT2D eigenvalue weighted by Crippen LogP contribution is -2.27. The molecule has 7 nitrogen and oxygen atoms in total. The first kappa shape index (κ1) is 27.1. The van der Waals surface area contributed by atoms with Crippen LogP contribution in [0.15, 0.2) is 40.6 Å². The molecule has 5 rings (SSSR count). The number of aromatic nitrogens is 3. The molecule has 38 heavy (non-hydrogen) atoms. The molecule has 1 aliphatic rings. The number of thiol groups is 1. The van der Waals surface area contributed by atoms with Crippen molar-refractivity contribution in [3.05, 3.63) is 51.8 Å². The summed E-state index contributed by atoms with van der Waals surface area (Å²) in [5, 5.41) is 3.66. The summed E-state index contributed by atoms with van der Waals surface area (Å²) >= 11 is 1.65. The highest BCUT2D eigenvalue weighted by atomic mass is 32.3. The predicted molar refractivity (Wildman–Crippen MR) is 162 cm³/mol. The van der Waals surface area contributed by atoms with Crippen molar-refractivity contribution >= 4 is 41.5 Å². The quantitative estimate of drug-likeness (QED) is 0.221. The lowest BCUT2D eigenvalue weighted by atomic mass is 10.0. The third-order valence-electron chi connectivity index (χ3n) is 6.97. The van der Waals surface area contributed by atoms with E-state index in [2.05, 4.69) is 36.1 Å². The Morgan fingerprint density at radius 2 is 1.95 bits per heavy atom. The van der Waals surface area contributed by atoms with E-state index < -0.39 is 9.16 Å². The zero-order chi connectivity index (χ0) is 26.9. The van der Waals surface area contributed by atoms with Crippen LogP contribution in [-0.4, -0.2) is 71.7 Å². The number of nitrogens with zero attached hydrogens (tertiary/aromatic N) is 3. The highest BCUT2D eigenvalue weighted by Gasteiger charge is 2.21. The van der Waals surface area contributed by atoms with Gasteiger partial charge in [-0.15, -0.1) is 11.3 Å². The van der Waals surface area contributed by atoms with Crippen LogP contribution in [0, 0.1) is 12.8 Å². The minimum atomic E-state index is -1.72. The second-order valence-corrected chi connectivity index (χ2v) is 21.7. The van der Waals surface area contributed by atoms with Gasteiger partial charge in [0.25, 0.3) is 5.56 Å². The van der Waals surface area contributed by atoms with Crippen molar-refractivity contribution < 1.29 is 14.2 Å². The lowest BCUT2D eigenvalue weighted by molar-refractivity contribution is 0.0497. The Balaban J connectivity index is 1.52. The van der Waals surface area contributed by atoms with E-state index in [4.69, 9.17) is 19.2 Å². The largest absolute Gasteiger partial charge is 0.493 e. The second-order valence-electron chi connectivity index (χ2n) is 12.4. The maximum atomic E-state index is 14.0. The first-order chi connectivity index (χ1) is 18.0. The second kappa shape index (κ2) is 10.6. The number of rotatable bonds is 9. The van der Waals surface area contributed by atoms with E-state index in [1.165, 1.54) is 0 Å². The van der Waals surface area contributed by atoms with Gasteiger partial charge in [-0.3, -0.25) is 23.5 Å². The molecule has 9 heteroatoms. The molecular formula is C29H39N3O4S2. The van der Waals surface area contributed by atoms with Gasteiger partial charge in [-0.2, -0.15) is 0 Å². The molecule has 0 N–H and O–H groups in total. The highest BCUT2D eigenvalue weighted by molar-refractivity contribution is 8.47. The van der Waals surface area contributed by atoms with E-state index in [1.54, 1.807) is 15.9 Å². The first-order valence-electron chi connectivity index (χ1n) is 13.2. The molecule has 0 saturated carbocycles. The van der Waals surface area contributed by atoms with Crippen LogP contribution in [0.1, 0.15) is 18.4 Å². The van der Waals surface area contributed by atoms with Crippen molar-refractivity contribution in [3.63, 3.8) is 0 Å². The van der Waals surface area contributed by atoms with Gasteiger partial charge in [0.2, 0.25) is 0 Å². The molecule has 0 unspecified atom stereocenters. The number of ether oxygens (including phenoxy) is 3. The number of hydrogen-bond donors (Lipinski definition) is 1. The zero-order valence-corrected chi connectivity index (χ0v) is 24.7. The van der Waals surface area contributed by atoms with Crippen LogP contribution >= 0.6 is 20.5 Å². The van der Waals surface area contributed by atoms with E-state index in [-0.39, 0.29) is 12.3 Å². The highest BCUT2D eigenvalue weighted by Crippen LogP contribution is 2.54. The van der Waals surface area contributed by atoms with E-state index in [1.807, 2.05) is 36.7 Å². The third-order valence-corrected chi connectivity index (χ3v) is 9.81. The molecule has 0 amide bonds. The van der Waals surface area contributed by atoms with Crippen LogP contribution in [0.5, 0.6) is 5.75 Å². The first-order valence-corrected chi connectivity index (χ1v) is 18.3. The van der Waals surface area contributed by atoms with Gasteiger partial charge in [0.15, 0.2) is 5.82 Å². The predicted octanol–water partition coefficient (Wildman–Crippen LogP) is 5.35. The number of benzene rings is 1. The Morgan fingerprint density at radius 3 is 2.71 bits per heavy atom. The van der Waals surface area contributed by atoms with Crippen LogP contribution in [-0.2, 0) is 16.2 Å². The molecule has 1 saturated heterocycles. The normalized spacial score (nSPS) is 16.1. The van der Waals surface area contributed by atoms with E-state index in [9.17, 15) is 4.79 Å². The summed E-state index contributed by atoms with van der Waals surface area (Å²) in [7, 11) is -1.72. The fourth-order valence-corrected chi connectivity index (χ4v) is 6.16. The maximum Gasteiger partial charge on any atom is 0.263 e. The topological polar surface area (TPSA) is 75.5 Å². The Bertz CT molecular complexity index is 1500. The monoisotopic (exact) mass is 557 g/mol. The Hall–Kier alpha value is -2.46. The van der Waals surface area contributed by atoms with Crippen LogP contribution < -0.4 is 10.3 Å². The van der Waals surface area contributed by atoms with Crippen LogP contribution in [0.25, 0.3) is 32.5 Å². The van der Waals surface area contributed by atoms with Gasteiger partial charge in [-0.1, -0.05) is 0 Å². The van der Waals surface area contributed by atoms with Gasteiger partial charge >= 0.3 is 0 Å². The average Bonchev–Trinajstić information content (AvgIpc) is 3.34. The molecular weight excluding hydrogens is 518 g/mol. The van der Waals surface area contributed by atoms with Gasteiger partial charge in [0, 0.05) is 19.4 Å².